The first kappa shape index (κ1) is 19.2. The zero-order valence-corrected chi connectivity index (χ0v) is 15.9. The summed E-state index contributed by atoms with van der Waals surface area (Å²) in [4.78, 5) is 42.5. The molecule has 0 aliphatic carbocycles. The summed E-state index contributed by atoms with van der Waals surface area (Å²) >= 11 is 0. The van der Waals surface area contributed by atoms with Crippen LogP contribution in [0.1, 0.15) is 13.8 Å². The Morgan fingerprint density at radius 2 is 1.70 bits per heavy atom. The number of hydrogen-bond donors (Lipinski definition) is 0. The van der Waals surface area contributed by atoms with E-state index in [-0.39, 0.29) is 18.4 Å². The van der Waals surface area contributed by atoms with Gasteiger partial charge in [0.1, 0.15) is 6.54 Å². The fourth-order valence-corrected chi connectivity index (χ4v) is 3.42. The van der Waals surface area contributed by atoms with E-state index in [9.17, 15) is 14.4 Å². The number of hydrogen-bond acceptors (Lipinski definition) is 5. The van der Waals surface area contributed by atoms with Gasteiger partial charge in [0, 0.05) is 39.3 Å². The van der Waals surface area contributed by atoms with E-state index < -0.39 is 5.76 Å². The minimum Gasteiger partial charge on any atom is -0.408 e. The highest BCUT2D eigenvalue weighted by Gasteiger charge is 2.24. The largest absolute Gasteiger partial charge is 0.420 e. The van der Waals surface area contributed by atoms with Crippen molar-refractivity contribution >= 4 is 22.9 Å². The average Bonchev–Trinajstić information content (AvgIpc) is 2.98. The van der Waals surface area contributed by atoms with Crippen molar-refractivity contribution < 1.29 is 14.0 Å². The molecule has 1 aliphatic heterocycles. The van der Waals surface area contributed by atoms with Gasteiger partial charge in [0.2, 0.25) is 11.8 Å². The lowest BCUT2D eigenvalue weighted by molar-refractivity contribution is -0.135. The first-order valence-electron chi connectivity index (χ1n) is 9.39. The number of piperazine rings is 1. The molecule has 2 aromatic rings. The van der Waals surface area contributed by atoms with Gasteiger partial charge in [0.25, 0.3) is 0 Å². The number of carbonyl (C=O) groups is 2. The number of para-hydroxylation sites is 2. The van der Waals surface area contributed by atoms with Gasteiger partial charge < -0.3 is 14.2 Å². The fourth-order valence-electron chi connectivity index (χ4n) is 3.42. The number of amides is 2. The second kappa shape index (κ2) is 8.39. The van der Waals surface area contributed by atoms with Gasteiger partial charge in [-0.25, -0.2) is 4.79 Å². The highest BCUT2D eigenvalue weighted by molar-refractivity contribution is 5.80. The van der Waals surface area contributed by atoms with Crippen molar-refractivity contribution in [2.45, 2.75) is 20.4 Å². The normalized spacial score (nSPS) is 15.3. The third-order valence-electron chi connectivity index (χ3n) is 5.07. The molecule has 0 spiro atoms. The maximum atomic E-state index is 12.6. The molecule has 8 heteroatoms. The number of rotatable bonds is 6. The van der Waals surface area contributed by atoms with Gasteiger partial charge in [-0.2, -0.15) is 0 Å². The van der Waals surface area contributed by atoms with E-state index in [0.717, 1.165) is 0 Å². The first-order chi connectivity index (χ1) is 13.0. The Kier molecular flexibility index (Phi) is 5.95. The second-order valence-electron chi connectivity index (χ2n) is 6.64. The van der Waals surface area contributed by atoms with Crippen LogP contribution in [0.3, 0.4) is 0 Å². The predicted molar refractivity (Wildman–Crippen MR) is 101 cm³/mol. The summed E-state index contributed by atoms with van der Waals surface area (Å²) in [7, 11) is 0. The third kappa shape index (κ3) is 4.21. The standard InChI is InChI=1S/C19H26N4O4/c1-3-21(4-2)17(24)13-20-9-11-22(12-10-20)18(25)14-23-15-7-5-6-8-16(15)27-19(23)26/h5-8H,3-4,9-14H2,1-2H3. The van der Waals surface area contributed by atoms with Crippen LogP contribution >= 0.6 is 0 Å². The second-order valence-corrected chi connectivity index (χ2v) is 6.64. The molecule has 1 saturated heterocycles. The van der Waals surface area contributed by atoms with E-state index in [2.05, 4.69) is 4.90 Å². The van der Waals surface area contributed by atoms with E-state index in [1.165, 1.54) is 4.57 Å². The lowest BCUT2D eigenvalue weighted by Crippen LogP contribution is -2.52. The number of fused-ring (bicyclic) bond motifs is 1. The molecule has 27 heavy (non-hydrogen) atoms. The molecule has 1 aliphatic rings. The Hall–Kier alpha value is -2.61. The molecule has 1 aromatic heterocycles. The van der Waals surface area contributed by atoms with Crippen molar-refractivity contribution in [3.63, 3.8) is 0 Å². The van der Waals surface area contributed by atoms with Gasteiger partial charge in [-0.15, -0.1) is 0 Å². The molecular weight excluding hydrogens is 348 g/mol. The number of likely N-dealkylation sites (N-methyl/N-ethyl adjacent to an activating group) is 1. The summed E-state index contributed by atoms with van der Waals surface area (Å²) in [5, 5.41) is 0. The Balaban J connectivity index is 1.56. The van der Waals surface area contributed by atoms with Crippen molar-refractivity contribution in [3.05, 3.63) is 34.8 Å². The van der Waals surface area contributed by atoms with Crippen LogP contribution in [0.4, 0.5) is 0 Å². The predicted octanol–water partition coefficient (Wildman–Crippen LogP) is 0.607. The molecule has 3 rings (SSSR count). The van der Waals surface area contributed by atoms with Crippen LogP contribution in [0.25, 0.3) is 11.1 Å². The molecule has 0 radical (unpaired) electrons. The van der Waals surface area contributed by atoms with E-state index in [4.69, 9.17) is 4.42 Å². The lowest BCUT2D eigenvalue weighted by atomic mass is 10.3. The van der Waals surface area contributed by atoms with E-state index in [1.807, 2.05) is 24.8 Å². The van der Waals surface area contributed by atoms with Gasteiger partial charge >= 0.3 is 5.76 Å². The van der Waals surface area contributed by atoms with Crippen LogP contribution in [0.2, 0.25) is 0 Å². The van der Waals surface area contributed by atoms with Crippen molar-refractivity contribution in [2.24, 2.45) is 0 Å². The monoisotopic (exact) mass is 374 g/mol. The number of nitrogens with zero attached hydrogens (tertiary/aromatic N) is 4. The molecule has 2 heterocycles. The zero-order chi connectivity index (χ0) is 19.4. The van der Waals surface area contributed by atoms with Gasteiger partial charge in [-0.3, -0.25) is 19.1 Å². The molecule has 146 valence electrons. The van der Waals surface area contributed by atoms with E-state index in [0.29, 0.717) is 56.9 Å². The smallest absolute Gasteiger partial charge is 0.408 e. The van der Waals surface area contributed by atoms with Crippen LogP contribution in [0, 0.1) is 0 Å². The highest BCUT2D eigenvalue weighted by atomic mass is 16.4. The molecule has 0 N–H and O–H groups in total. The SMILES string of the molecule is CCN(CC)C(=O)CN1CCN(C(=O)Cn2c(=O)oc3ccccc32)CC1. The van der Waals surface area contributed by atoms with Gasteiger partial charge in [-0.05, 0) is 26.0 Å². The van der Waals surface area contributed by atoms with Crippen molar-refractivity contribution in [3.8, 4) is 0 Å². The summed E-state index contributed by atoms with van der Waals surface area (Å²) in [6, 6.07) is 7.08. The van der Waals surface area contributed by atoms with E-state index in [1.54, 1.807) is 23.1 Å². The molecule has 0 unspecified atom stereocenters. The molecule has 0 atom stereocenters. The van der Waals surface area contributed by atoms with E-state index >= 15 is 0 Å². The fraction of sp³-hybridized carbons (Fsp3) is 0.526. The summed E-state index contributed by atoms with van der Waals surface area (Å²) in [5.74, 6) is -0.512. The van der Waals surface area contributed by atoms with Crippen LogP contribution < -0.4 is 5.76 Å². The number of carbonyl (C=O) groups excluding carboxylic acids is 2. The summed E-state index contributed by atoms with van der Waals surface area (Å²) in [6.45, 7) is 8.12. The number of aromatic nitrogens is 1. The molecular formula is C19H26N4O4. The molecule has 0 bridgehead atoms. The van der Waals surface area contributed by atoms with Gasteiger partial charge in [0.15, 0.2) is 5.58 Å². The van der Waals surface area contributed by atoms with Crippen LogP contribution in [0.5, 0.6) is 0 Å². The lowest BCUT2D eigenvalue weighted by Gasteiger charge is -2.35. The minimum absolute atomic E-state index is 0.0335. The average molecular weight is 374 g/mol. The maximum absolute atomic E-state index is 12.6. The summed E-state index contributed by atoms with van der Waals surface area (Å²) < 4.78 is 6.55. The molecule has 8 nitrogen and oxygen atoms in total. The topological polar surface area (TPSA) is 79.0 Å². The quantitative estimate of drug-likeness (QED) is 0.740. The van der Waals surface area contributed by atoms with Crippen molar-refractivity contribution in [1.29, 1.82) is 0 Å². The van der Waals surface area contributed by atoms with Gasteiger partial charge in [-0.1, -0.05) is 12.1 Å². The molecule has 2 amide bonds. The van der Waals surface area contributed by atoms with Crippen LogP contribution in [-0.2, 0) is 16.1 Å². The first-order valence-corrected chi connectivity index (χ1v) is 9.39. The highest BCUT2D eigenvalue weighted by Crippen LogP contribution is 2.12. The Morgan fingerprint density at radius 1 is 1.04 bits per heavy atom. The Bertz CT molecular complexity index is 860. The number of oxazole rings is 1. The molecule has 1 aromatic carbocycles. The third-order valence-corrected chi connectivity index (χ3v) is 5.07. The van der Waals surface area contributed by atoms with Crippen LogP contribution in [0.15, 0.2) is 33.5 Å². The zero-order valence-electron chi connectivity index (χ0n) is 15.9. The Labute approximate surface area is 157 Å². The minimum atomic E-state index is -0.520. The van der Waals surface area contributed by atoms with Crippen LogP contribution in [-0.4, -0.2) is 76.9 Å². The van der Waals surface area contributed by atoms with Crippen molar-refractivity contribution in [1.82, 2.24) is 19.3 Å². The Morgan fingerprint density at radius 3 is 2.37 bits per heavy atom. The number of benzene rings is 1. The van der Waals surface area contributed by atoms with Gasteiger partial charge in [0.05, 0.1) is 12.1 Å². The van der Waals surface area contributed by atoms with Crippen molar-refractivity contribution in [2.75, 3.05) is 45.8 Å². The summed E-state index contributed by atoms with van der Waals surface area (Å²) in [5.41, 5.74) is 1.11. The maximum Gasteiger partial charge on any atom is 0.420 e. The summed E-state index contributed by atoms with van der Waals surface area (Å²) in [6.07, 6.45) is 0. The molecule has 1 fully saturated rings. The molecule has 0 saturated carbocycles.